The summed E-state index contributed by atoms with van der Waals surface area (Å²) >= 11 is 5.82. The van der Waals surface area contributed by atoms with E-state index < -0.39 is 22.1 Å². The van der Waals surface area contributed by atoms with Gasteiger partial charge in [0.25, 0.3) is 0 Å². The fourth-order valence-corrected chi connectivity index (χ4v) is 3.91. The number of hydrogen-bond donors (Lipinski definition) is 1. The van der Waals surface area contributed by atoms with Crippen LogP contribution in [0.1, 0.15) is 17.9 Å². The zero-order chi connectivity index (χ0) is 18.2. The first kappa shape index (κ1) is 18.0. The topological polar surface area (TPSA) is 55.4 Å². The van der Waals surface area contributed by atoms with Crippen LogP contribution in [0.15, 0.2) is 53.4 Å². The molecule has 0 radical (unpaired) electrons. The summed E-state index contributed by atoms with van der Waals surface area (Å²) in [5, 5.41) is 0.600. The first-order valence-electron chi connectivity index (χ1n) is 7.28. The number of sulfonamides is 1. The van der Waals surface area contributed by atoms with Gasteiger partial charge in [-0.25, -0.2) is 13.1 Å². The molecule has 4 nitrogen and oxygen atoms in total. The number of hydrogen-bond acceptors (Lipinski definition) is 3. The number of benzene rings is 2. The van der Waals surface area contributed by atoms with Crippen molar-refractivity contribution in [2.75, 3.05) is 0 Å². The van der Waals surface area contributed by atoms with Crippen molar-refractivity contribution in [2.24, 2.45) is 0 Å². The van der Waals surface area contributed by atoms with E-state index >= 15 is 0 Å². The zero-order valence-corrected chi connectivity index (χ0v) is 14.2. The van der Waals surface area contributed by atoms with E-state index in [0.717, 1.165) is 29.8 Å². The fourth-order valence-electron chi connectivity index (χ4n) is 2.49. The lowest BCUT2D eigenvalue weighted by molar-refractivity contribution is -0.274. The van der Waals surface area contributed by atoms with Crippen LogP contribution < -0.4 is 9.46 Å². The van der Waals surface area contributed by atoms with Gasteiger partial charge in [0, 0.05) is 17.0 Å². The summed E-state index contributed by atoms with van der Waals surface area (Å²) in [6.45, 7) is 0. The Kier molecular flexibility index (Phi) is 4.70. The Balaban J connectivity index is 1.65. The largest absolute Gasteiger partial charge is 0.573 e. The first-order chi connectivity index (χ1) is 11.6. The van der Waals surface area contributed by atoms with Gasteiger partial charge in [0.2, 0.25) is 10.0 Å². The average molecular weight is 392 g/mol. The van der Waals surface area contributed by atoms with Crippen LogP contribution in [0.25, 0.3) is 0 Å². The van der Waals surface area contributed by atoms with Crippen molar-refractivity contribution >= 4 is 21.6 Å². The molecule has 134 valence electrons. The molecule has 1 fully saturated rings. The Labute approximate surface area is 147 Å². The third kappa shape index (κ3) is 4.65. The number of nitrogens with one attached hydrogen (secondary N) is 1. The van der Waals surface area contributed by atoms with E-state index in [9.17, 15) is 21.6 Å². The predicted octanol–water partition coefficient (Wildman–Crippen LogP) is 4.07. The lowest BCUT2D eigenvalue weighted by Crippen LogP contribution is -2.26. The Bertz CT molecular complexity index is 852. The molecule has 1 aliphatic rings. The summed E-state index contributed by atoms with van der Waals surface area (Å²) in [5.41, 5.74) is 0.978. The van der Waals surface area contributed by atoms with Crippen LogP contribution in [0.4, 0.5) is 13.2 Å². The Hall–Kier alpha value is -1.77. The van der Waals surface area contributed by atoms with Crippen LogP contribution in [-0.4, -0.2) is 20.8 Å². The van der Waals surface area contributed by atoms with Crippen molar-refractivity contribution in [1.82, 2.24) is 4.72 Å². The Morgan fingerprint density at radius 1 is 1.04 bits per heavy atom. The highest BCUT2D eigenvalue weighted by Crippen LogP contribution is 2.41. The van der Waals surface area contributed by atoms with Gasteiger partial charge < -0.3 is 4.74 Å². The maximum Gasteiger partial charge on any atom is 0.573 e. The molecule has 1 saturated carbocycles. The van der Waals surface area contributed by atoms with E-state index in [2.05, 4.69) is 9.46 Å². The molecule has 2 aromatic rings. The SMILES string of the molecule is O=S(=O)(N[C@@H]1C[C@@H]1c1ccc(Cl)cc1)c1ccc(OC(F)(F)F)cc1. The van der Waals surface area contributed by atoms with Gasteiger partial charge in [-0.05, 0) is 48.4 Å². The van der Waals surface area contributed by atoms with Gasteiger partial charge in [-0.3, -0.25) is 0 Å². The zero-order valence-electron chi connectivity index (χ0n) is 12.6. The van der Waals surface area contributed by atoms with Crippen molar-refractivity contribution in [3.63, 3.8) is 0 Å². The highest BCUT2D eigenvalue weighted by molar-refractivity contribution is 7.89. The summed E-state index contributed by atoms with van der Waals surface area (Å²) in [5.74, 6) is -0.420. The molecule has 0 aliphatic heterocycles. The predicted molar refractivity (Wildman–Crippen MR) is 86.0 cm³/mol. The molecule has 3 rings (SSSR count). The molecule has 0 amide bonds. The Morgan fingerprint density at radius 3 is 2.20 bits per heavy atom. The second-order valence-electron chi connectivity index (χ2n) is 5.64. The van der Waals surface area contributed by atoms with E-state index in [1.165, 1.54) is 0 Å². The second kappa shape index (κ2) is 6.51. The van der Waals surface area contributed by atoms with E-state index in [0.29, 0.717) is 11.4 Å². The van der Waals surface area contributed by atoms with Gasteiger partial charge in [-0.2, -0.15) is 0 Å². The monoisotopic (exact) mass is 391 g/mol. The van der Waals surface area contributed by atoms with Gasteiger partial charge in [0.1, 0.15) is 5.75 Å². The minimum absolute atomic E-state index is 0.0554. The lowest BCUT2D eigenvalue weighted by Gasteiger charge is -2.10. The molecule has 0 heterocycles. The first-order valence-corrected chi connectivity index (χ1v) is 9.14. The fraction of sp³-hybridized carbons (Fsp3) is 0.250. The van der Waals surface area contributed by atoms with E-state index in [-0.39, 0.29) is 16.9 Å². The molecular weight excluding hydrogens is 379 g/mol. The van der Waals surface area contributed by atoms with Crippen molar-refractivity contribution in [3.05, 3.63) is 59.1 Å². The third-order valence-electron chi connectivity index (χ3n) is 3.76. The normalized spacial score (nSPS) is 20.3. The average Bonchev–Trinajstić information content (AvgIpc) is 3.25. The highest BCUT2D eigenvalue weighted by atomic mass is 35.5. The summed E-state index contributed by atoms with van der Waals surface area (Å²) in [4.78, 5) is -0.121. The third-order valence-corrected chi connectivity index (χ3v) is 5.52. The molecule has 0 spiro atoms. The van der Waals surface area contributed by atoms with Gasteiger partial charge >= 0.3 is 6.36 Å². The number of alkyl halides is 3. The van der Waals surface area contributed by atoms with Crippen LogP contribution >= 0.6 is 11.6 Å². The maximum absolute atomic E-state index is 12.3. The van der Waals surface area contributed by atoms with Crippen LogP contribution in [0.3, 0.4) is 0 Å². The minimum atomic E-state index is -4.82. The summed E-state index contributed by atoms with van der Waals surface area (Å²) in [6.07, 6.45) is -4.17. The lowest BCUT2D eigenvalue weighted by atomic mass is 10.1. The van der Waals surface area contributed by atoms with Crippen molar-refractivity contribution in [1.29, 1.82) is 0 Å². The molecule has 0 saturated heterocycles. The molecule has 0 bridgehead atoms. The molecule has 1 aliphatic carbocycles. The van der Waals surface area contributed by atoms with Gasteiger partial charge in [0.05, 0.1) is 4.90 Å². The van der Waals surface area contributed by atoms with Crippen molar-refractivity contribution in [3.8, 4) is 5.75 Å². The minimum Gasteiger partial charge on any atom is -0.406 e. The molecule has 9 heteroatoms. The summed E-state index contributed by atoms with van der Waals surface area (Å²) in [6, 6.07) is 11.0. The molecule has 2 atom stereocenters. The maximum atomic E-state index is 12.3. The number of halogens is 4. The highest BCUT2D eigenvalue weighted by Gasteiger charge is 2.41. The molecule has 2 aromatic carbocycles. The smallest absolute Gasteiger partial charge is 0.406 e. The summed E-state index contributed by atoms with van der Waals surface area (Å²) in [7, 11) is -3.82. The number of rotatable bonds is 5. The van der Waals surface area contributed by atoms with Crippen LogP contribution in [0.2, 0.25) is 5.02 Å². The number of ether oxygens (including phenoxy) is 1. The molecule has 25 heavy (non-hydrogen) atoms. The van der Waals surface area contributed by atoms with Gasteiger partial charge in [-0.15, -0.1) is 13.2 Å². The van der Waals surface area contributed by atoms with Crippen LogP contribution in [-0.2, 0) is 10.0 Å². The molecule has 1 N–H and O–H groups in total. The van der Waals surface area contributed by atoms with E-state index in [4.69, 9.17) is 11.6 Å². The van der Waals surface area contributed by atoms with Crippen molar-refractivity contribution < 1.29 is 26.3 Å². The van der Waals surface area contributed by atoms with Crippen LogP contribution in [0, 0.1) is 0 Å². The van der Waals surface area contributed by atoms with Crippen molar-refractivity contribution in [2.45, 2.75) is 29.6 Å². The summed E-state index contributed by atoms with van der Waals surface area (Å²) < 4.78 is 67.3. The quantitative estimate of drug-likeness (QED) is 0.835. The van der Waals surface area contributed by atoms with Gasteiger partial charge in [0.15, 0.2) is 0 Å². The van der Waals surface area contributed by atoms with Crippen LogP contribution in [0.5, 0.6) is 5.75 Å². The molecule has 0 aromatic heterocycles. The standard InChI is InChI=1S/C16H13ClF3NO3S/c17-11-3-1-10(2-4-11)14-9-15(14)21-25(22,23)13-7-5-12(6-8-13)24-16(18,19)20/h1-8,14-15,21H,9H2/t14-,15-/m1/s1. The van der Waals surface area contributed by atoms with Gasteiger partial charge in [-0.1, -0.05) is 23.7 Å². The van der Waals surface area contributed by atoms with E-state index in [1.54, 1.807) is 12.1 Å². The Morgan fingerprint density at radius 2 is 1.64 bits per heavy atom. The molecular formula is C16H13ClF3NO3S. The van der Waals surface area contributed by atoms with E-state index in [1.807, 2.05) is 12.1 Å². The molecule has 0 unspecified atom stereocenters. The second-order valence-corrected chi connectivity index (χ2v) is 7.79.